The van der Waals surface area contributed by atoms with Crippen LogP contribution in [0.5, 0.6) is 0 Å². The van der Waals surface area contributed by atoms with Crippen LogP contribution in [0, 0.1) is 37.4 Å². The SMILES string of the molecule is Cc1cc(C)c(C(N)C2C3CCCC32)c(F)c1. The Balaban J connectivity index is 1.89. The molecule has 0 bridgehead atoms. The van der Waals surface area contributed by atoms with Crippen molar-refractivity contribution in [1.82, 2.24) is 0 Å². The smallest absolute Gasteiger partial charge is 0.128 e. The summed E-state index contributed by atoms with van der Waals surface area (Å²) in [6.45, 7) is 3.90. The highest BCUT2D eigenvalue weighted by Gasteiger charge is 2.55. The van der Waals surface area contributed by atoms with Crippen molar-refractivity contribution in [3.63, 3.8) is 0 Å². The lowest BCUT2D eigenvalue weighted by molar-refractivity contribution is 0.478. The molecule has 0 radical (unpaired) electrons. The molecule has 2 heteroatoms. The average molecular weight is 233 g/mol. The van der Waals surface area contributed by atoms with E-state index in [1.165, 1.54) is 19.3 Å². The second-order valence-electron chi connectivity index (χ2n) is 5.84. The van der Waals surface area contributed by atoms with E-state index in [2.05, 4.69) is 0 Å². The van der Waals surface area contributed by atoms with Crippen molar-refractivity contribution in [3.8, 4) is 0 Å². The van der Waals surface area contributed by atoms with Crippen molar-refractivity contribution in [2.75, 3.05) is 0 Å². The van der Waals surface area contributed by atoms with Crippen LogP contribution >= 0.6 is 0 Å². The van der Waals surface area contributed by atoms with E-state index >= 15 is 0 Å². The van der Waals surface area contributed by atoms with Crippen LogP contribution in [0.2, 0.25) is 0 Å². The van der Waals surface area contributed by atoms with Crippen LogP contribution in [0.25, 0.3) is 0 Å². The number of halogens is 1. The molecular formula is C15H20FN. The third-order valence-electron chi connectivity index (χ3n) is 4.70. The van der Waals surface area contributed by atoms with Gasteiger partial charge in [-0.25, -0.2) is 4.39 Å². The standard InChI is InChI=1S/C15H20FN/c1-8-6-9(2)13(12(16)7-8)15(17)14-10-4-3-5-11(10)14/h6-7,10-11,14-15H,3-5,17H2,1-2H3. The molecule has 1 aromatic rings. The van der Waals surface area contributed by atoms with Gasteiger partial charge in [0.2, 0.25) is 0 Å². The summed E-state index contributed by atoms with van der Waals surface area (Å²) in [5.41, 5.74) is 9.05. The van der Waals surface area contributed by atoms with Gasteiger partial charge in [-0.15, -0.1) is 0 Å². The molecule has 3 unspecified atom stereocenters. The molecule has 0 heterocycles. The van der Waals surface area contributed by atoms with Gasteiger partial charge in [-0.2, -0.15) is 0 Å². The Morgan fingerprint density at radius 3 is 2.47 bits per heavy atom. The summed E-state index contributed by atoms with van der Waals surface area (Å²) in [7, 11) is 0. The summed E-state index contributed by atoms with van der Waals surface area (Å²) in [6, 6.07) is 3.56. The van der Waals surface area contributed by atoms with Crippen LogP contribution in [0.4, 0.5) is 4.39 Å². The number of hydrogen-bond donors (Lipinski definition) is 1. The largest absolute Gasteiger partial charge is 0.324 e. The maximum Gasteiger partial charge on any atom is 0.128 e. The second-order valence-corrected chi connectivity index (χ2v) is 5.84. The predicted octanol–water partition coefficient (Wildman–Crippen LogP) is 3.49. The Bertz CT molecular complexity index is 421. The van der Waals surface area contributed by atoms with Gasteiger partial charge in [0.15, 0.2) is 0 Å². The first-order valence-corrected chi connectivity index (χ1v) is 6.62. The van der Waals surface area contributed by atoms with Crippen LogP contribution in [-0.4, -0.2) is 0 Å². The molecule has 2 saturated carbocycles. The van der Waals surface area contributed by atoms with E-state index in [0.29, 0.717) is 5.92 Å². The topological polar surface area (TPSA) is 26.0 Å². The summed E-state index contributed by atoms with van der Waals surface area (Å²) in [5, 5.41) is 0. The minimum Gasteiger partial charge on any atom is -0.324 e. The van der Waals surface area contributed by atoms with E-state index in [9.17, 15) is 4.39 Å². The average Bonchev–Trinajstić information content (AvgIpc) is 2.71. The molecule has 17 heavy (non-hydrogen) atoms. The predicted molar refractivity (Wildman–Crippen MR) is 67.1 cm³/mol. The van der Waals surface area contributed by atoms with Gasteiger partial charge in [0.05, 0.1) is 0 Å². The third kappa shape index (κ3) is 1.70. The highest BCUT2D eigenvalue weighted by atomic mass is 19.1. The van der Waals surface area contributed by atoms with Crippen LogP contribution in [0.3, 0.4) is 0 Å². The molecule has 0 amide bonds. The lowest BCUT2D eigenvalue weighted by Gasteiger charge is -2.18. The molecule has 0 spiro atoms. The highest BCUT2D eigenvalue weighted by Crippen LogP contribution is 2.61. The maximum atomic E-state index is 14.0. The number of aryl methyl sites for hydroxylation is 2. The van der Waals surface area contributed by atoms with Gasteiger partial charge in [0.1, 0.15) is 5.82 Å². The van der Waals surface area contributed by atoms with Crippen molar-refractivity contribution < 1.29 is 4.39 Å². The molecule has 0 aliphatic heterocycles. The fourth-order valence-electron chi connectivity index (χ4n) is 3.95. The lowest BCUT2D eigenvalue weighted by Crippen LogP contribution is -2.18. The summed E-state index contributed by atoms with van der Waals surface area (Å²) in [6.07, 6.45) is 3.94. The first kappa shape index (κ1) is 11.2. The second kappa shape index (κ2) is 3.81. The van der Waals surface area contributed by atoms with Crippen LogP contribution in [-0.2, 0) is 0 Å². The fraction of sp³-hybridized carbons (Fsp3) is 0.600. The van der Waals surface area contributed by atoms with Gasteiger partial charge in [-0.05, 0) is 61.6 Å². The van der Waals surface area contributed by atoms with Crippen molar-refractivity contribution in [1.29, 1.82) is 0 Å². The van der Waals surface area contributed by atoms with E-state index in [1.807, 2.05) is 19.9 Å². The monoisotopic (exact) mass is 233 g/mol. The van der Waals surface area contributed by atoms with E-state index in [0.717, 1.165) is 28.5 Å². The van der Waals surface area contributed by atoms with Gasteiger partial charge in [-0.1, -0.05) is 12.5 Å². The Hall–Kier alpha value is -0.890. The minimum atomic E-state index is -0.111. The molecular weight excluding hydrogens is 213 g/mol. The van der Waals surface area contributed by atoms with Gasteiger partial charge >= 0.3 is 0 Å². The van der Waals surface area contributed by atoms with Gasteiger partial charge in [0.25, 0.3) is 0 Å². The van der Waals surface area contributed by atoms with Crippen molar-refractivity contribution in [2.24, 2.45) is 23.5 Å². The number of benzene rings is 1. The summed E-state index contributed by atoms with van der Waals surface area (Å²) < 4.78 is 14.0. The quantitative estimate of drug-likeness (QED) is 0.831. The van der Waals surface area contributed by atoms with E-state index in [1.54, 1.807) is 6.07 Å². The van der Waals surface area contributed by atoms with Crippen LogP contribution in [0.1, 0.15) is 42.0 Å². The summed E-state index contributed by atoms with van der Waals surface area (Å²) in [5.74, 6) is 2.00. The maximum absolute atomic E-state index is 14.0. The molecule has 92 valence electrons. The number of nitrogens with two attached hydrogens (primary N) is 1. The Labute approximate surface area is 102 Å². The molecule has 2 aliphatic carbocycles. The van der Waals surface area contributed by atoms with Crippen LogP contribution < -0.4 is 5.73 Å². The van der Waals surface area contributed by atoms with Gasteiger partial charge < -0.3 is 5.73 Å². The normalized spacial score (nSPS) is 32.4. The Morgan fingerprint density at radius 2 is 1.88 bits per heavy atom. The first-order chi connectivity index (χ1) is 8.09. The summed E-state index contributed by atoms with van der Waals surface area (Å²) >= 11 is 0. The zero-order valence-electron chi connectivity index (χ0n) is 10.5. The molecule has 0 aromatic heterocycles. The first-order valence-electron chi connectivity index (χ1n) is 6.62. The van der Waals surface area contributed by atoms with Crippen LogP contribution in [0.15, 0.2) is 12.1 Å². The fourth-order valence-corrected chi connectivity index (χ4v) is 3.95. The number of fused-ring (bicyclic) bond motifs is 1. The third-order valence-corrected chi connectivity index (χ3v) is 4.70. The molecule has 3 atom stereocenters. The molecule has 1 nitrogen and oxygen atoms in total. The molecule has 3 rings (SSSR count). The number of rotatable bonds is 2. The summed E-state index contributed by atoms with van der Waals surface area (Å²) in [4.78, 5) is 0. The molecule has 2 fully saturated rings. The highest BCUT2D eigenvalue weighted by molar-refractivity contribution is 5.36. The minimum absolute atomic E-state index is 0.0918. The molecule has 1 aromatic carbocycles. The zero-order chi connectivity index (χ0) is 12.2. The van der Waals surface area contributed by atoms with E-state index in [4.69, 9.17) is 5.73 Å². The van der Waals surface area contributed by atoms with Gasteiger partial charge in [-0.3, -0.25) is 0 Å². The van der Waals surface area contributed by atoms with Crippen molar-refractivity contribution in [3.05, 3.63) is 34.6 Å². The Kier molecular flexibility index (Phi) is 2.51. The van der Waals surface area contributed by atoms with E-state index in [-0.39, 0.29) is 11.9 Å². The molecule has 2 aliphatic rings. The van der Waals surface area contributed by atoms with Gasteiger partial charge in [0, 0.05) is 11.6 Å². The van der Waals surface area contributed by atoms with E-state index < -0.39 is 0 Å². The Morgan fingerprint density at radius 1 is 1.24 bits per heavy atom. The molecule has 2 N–H and O–H groups in total. The molecule has 0 saturated heterocycles. The zero-order valence-corrected chi connectivity index (χ0v) is 10.5. The van der Waals surface area contributed by atoms with Crippen molar-refractivity contribution in [2.45, 2.75) is 39.2 Å². The number of hydrogen-bond acceptors (Lipinski definition) is 1. The van der Waals surface area contributed by atoms with Crippen molar-refractivity contribution >= 4 is 0 Å². The lowest BCUT2D eigenvalue weighted by atomic mass is 9.93.